The highest BCUT2D eigenvalue weighted by Gasteiger charge is 2.14. The summed E-state index contributed by atoms with van der Waals surface area (Å²) in [6.07, 6.45) is 2.63. The van der Waals surface area contributed by atoms with Crippen LogP contribution in [0.5, 0.6) is 0 Å². The number of rotatable bonds is 8. The van der Waals surface area contributed by atoms with Crippen LogP contribution in [0.1, 0.15) is 40.0 Å². The van der Waals surface area contributed by atoms with Gasteiger partial charge < -0.3 is 5.32 Å². The van der Waals surface area contributed by atoms with Gasteiger partial charge in [-0.05, 0) is 32.7 Å². The number of sulfone groups is 1. The molecule has 0 aromatic carbocycles. The quantitative estimate of drug-likeness (QED) is 0.698. The van der Waals surface area contributed by atoms with Crippen molar-refractivity contribution in [3.63, 3.8) is 0 Å². The Hall–Kier alpha value is -0.0900. The van der Waals surface area contributed by atoms with Crippen LogP contribution >= 0.6 is 0 Å². The predicted octanol–water partition coefficient (Wildman–Crippen LogP) is 1.84. The molecular formula is C11H25NO2S. The Labute approximate surface area is 94.6 Å². The molecule has 0 aliphatic carbocycles. The average Bonchev–Trinajstić information content (AvgIpc) is 2.16. The zero-order valence-corrected chi connectivity index (χ0v) is 11.2. The lowest BCUT2D eigenvalue weighted by molar-refractivity contribution is 0.540. The number of hydrogen-bond acceptors (Lipinski definition) is 3. The van der Waals surface area contributed by atoms with E-state index >= 15 is 0 Å². The summed E-state index contributed by atoms with van der Waals surface area (Å²) in [6.45, 7) is 6.10. The van der Waals surface area contributed by atoms with Crippen LogP contribution in [0.15, 0.2) is 0 Å². The maximum Gasteiger partial charge on any atom is 0.150 e. The molecule has 3 nitrogen and oxygen atoms in total. The molecule has 0 amide bonds. The monoisotopic (exact) mass is 235 g/mol. The van der Waals surface area contributed by atoms with Crippen molar-refractivity contribution >= 4 is 9.84 Å². The summed E-state index contributed by atoms with van der Waals surface area (Å²) < 4.78 is 23.3. The molecule has 0 aromatic rings. The molecule has 0 radical (unpaired) electrons. The van der Waals surface area contributed by atoms with E-state index < -0.39 is 9.84 Å². The Kier molecular flexibility index (Phi) is 7.18. The summed E-state index contributed by atoms with van der Waals surface area (Å²) >= 11 is 0. The fourth-order valence-corrected chi connectivity index (χ4v) is 3.26. The van der Waals surface area contributed by atoms with Crippen molar-refractivity contribution in [2.75, 3.05) is 18.6 Å². The molecule has 0 fully saturated rings. The van der Waals surface area contributed by atoms with Crippen LogP contribution in [0.4, 0.5) is 0 Å². The van der Waals surface area contributed by atoms with Gasteiger partial charge in [0.15, 0.2) is 9.84 Å². The fourth-order valence-electron chi connectivity index (χ4n) is 1.39. The molecule has 0 saturated heterocycles. The van der Waals surface area contributed by atoms with Crippen molar-refractivity contribution in [1.82, 2.24) is 5.32 Å². The Morgan fingerprint density at radius 2 is 1.87 bits per heavy atom. The highest BCUT2D eigenvalue weighted by Crippen LogP contribution is 2.08. The van der Waals surface area contributed by atoms with Crippen LogP contribution in [0, 0.1) is 5.92 Å². The van der Waals surface area contributed by atoms with E-state index in [0.29, 0.717) is 17.5 Å². The first kappa shape index (κ1) is 14.9. The largest absolute Gasteiger partial charge is 0.317 e. The van der Waals surface area contributed by atoms with Gasteiger partial charge in [-0.3, -0.25) is 0 Å². The van der Waals surface area contributed by atoms with Crippen molar-refractivity contribution in [3.8, 4) is 0 Å². The number of hydrogen-bond donors (Lipinski definition) is 1. The van der Waals surface area contributed by atoms with Crippen molar-refractivity contribution in [3.05, 3.63) is 0 Å². The molecule has 15 heavy (non-hydrogen) atoms. The second kappa shape index (κ2) is 7.23. The fraction of sp³-hybridized carbons (Fsp3) is 1.00. The zero-order chi connectivity index (χ0) is 11.9. The summed E-state index contributed by atoms with van der Waals surface area (Å²) in [7, 11) is -0.923. The molecule has 0 spiro atoms. The summed E-state index contributed by atoms with van der Waals surface area (Å²) in [5.41, 5.74) is 0. The first-order chi connectivity index (χ1) is 6.91. The van der Waals surface area contributed by atoms with Crippen LogP contribution in [0.2, 0.25) is 0 Å². The average molecular weight is 235 g/mol. The van der Waals surface area contributed by atoms with Gasteiger partial charge in [-0.25, -0.2) is 8.42 Å². The third kappa shape index (κ3) is 7.79. The topological polar surface area (TPSA) is 46.2 Å². The van der Waals surface area contributed by atoms with E-state index in [1.165, 1.54) is 0 Å². The lowest BCUT2D eigenvalue weighted by Crippen LogP contribution is -2.23. The van der Waals surface area contributed by atoms with E-state index in [1.54, 1.807) is 0 Å². The summed E-state index contributed by atoms with van der Waals surface area (Å²) in [5, 5.41) is 3.11. The first-order valence-corrected chi connectivity index (χ1v) is 7.61. The molecule has 0 saturated carbocycles. The first-order valence-electron chi connectivity index (χ1n) is 5.79. The zero-order valence-electron chi connectivity index (χ0n) is 10.4. The molecule has 0 aliphatic heterocycles. The van der Waals surface area contributed by atoms with E-state index in [4.69, 9.17) is 0 Å². The van der Waals surface area contributed by atoms with E-state index in [2.05, 4.69) is 12.2 Å². The molecule has 0 heterocycles. The van der Waals surface area contributed by atoms with E-state index in [-0.39, 0.29) is 5.92 Å². The minimum atomic E-state index is -2.82. The van der Waals surface area contributed by atoms with E-state index in [0.717, 1.165) is 19.3 Å². The van der Waals surface area contributed by atoms with Crippen LogP contribution in [-0.4, -0.2) is 33.0 Å². The predicted molar refractivity (Wildman–Crippen MR) is 65.9 cm³/mol. The third-order valence-corrected chi connectivity index (χ3v) is 4.81. The second-order valence-electron chi connectivity index (χ2n) is 4.46. The lowest BCUT2D eigenvalue weighted by atomic mass is 10.2. The lowest BCUT2D eigenvalue weighted by Gasteiger charge is -2.11. The van der Waals surface area contributed by atoms with Gasteiger partial charge in [-0.15, -0.1) is 0 Å². The Morgan fingerprint density at radius 1 is 1.27 bits per heavy atom. The summed E-state index contributed by atoms with van der Waals surface area (Å²) in [4.78, 5) is 0. The maximum atomic E-state index is 11.6. The minimum absolute atomic E-state index is 0.289. The molecule has 92 valence electrons. The molecule has 0 aromatic heterocycles. The van der Waals surface area contributed by atoms with Crippen molar-refractivity contribution < 1.29 is 8.42 Å². The van der Waals surface area contributed by atoms with Crippen LogP contribution in [0.25, 0.3) is 0 Å². The van der Waals surface area contributed by atoms with Gasteiger partial charge in [0.1, 0.15) is 0 Å². The van der Waals surface area contributed by atoms with Gasteiger partial charge in [0.25, 0.3) is 0 Å². The van der Waals surface area contributed by atoms with Gasteiger partial charge >= 0.3 is 0 Å². The van der Waals surface area contributed by atoms with Gasteiger partial charge in [-0.2, -0.15) is 0 Å². The van der Waals surface area contributed by atoms with Crippen molar-refractivity contribution in [2.45, 2.75) is 46.1 Å². The van der Waals surface area contributed by atoms with Crippen molar-refractivity contribution in [2.24, 2.45) is 5.92 Å². The molecule has 0 rings (SSSR count). The standard InChI is InChI=1S/C11H25NO2S/c1-5-10(2)9-15(13,14)8-6-7-11(3)12-4/h10-12H,5-9H2,1-4H3. The highest BCUT2D eigenvalue weighted by molar-refractivity contribution is 7.91. The van der Waals surface area contributed by atoms with Gasteiger partial charge in [0, 0.05) is 6.04 Å². The molecule has 2 atom stereocenters. The Morgan fingerprint density at radius 3 is 2.33 bits per heavy atom. The molecule has 0 bridgehead atoms. The van der Waals surface area contributed by atoms with Crippen LogP contribution in [0.3, 0.4) is 0 Å². The Bertz CT molecular complexity index is 249. The summed E-state index contributed by atoms with van der Waals surface area (Å²) in [6, 6.07) is 0.406. The van der Waals surface area contributed by atoms with Crippen LogP contribution < -0.4 is 5.32 Å². The van der Waals surface area contributed by atoms with Crippen LogP contribution in [-0.2, 0) is 9.84 Å². The highest BCUT2D eigenvalue weighted by atomic mass is 32.2. The Balaban J connectivity index is 3.85. The van der Waals surface area contributed by atoms with Crippen molar-refractivity contribution in [1.29, 1.82) is 0 Å². The van der Waals surface area contributed by atoms with E-state index in [9.17, 15) is 8.42 Å². The minimum Gasteiger partial charge on any atom is -0.317 e. The molecule has 2 unspecified atom stereocenters. The van der Waals surface area contributed by atoms with E-state index in [1.807, 2.05) is 20.9 Å². The molecule has 1 N–H and O–H groups in total. The molecule has 4 heteroatoms. The summed E-state index contributed by atoms with van der Waals surface area (Å²) in [5.74, 6) is 0.970. The molecular weight excluding hydrogens is 210 g/mol. The van der Waals surface area contributed by atoms with Gasteiger partial charge in [0.2, 0.25) is 0 Å². The smallest absolute Gasteiger partial charge is 0.150 e. The molecule has 0 aliphatic rings. The SMILES string of the molecule is CCC(C)CS(=O)(=O)CCCC(C)NC. The third-order valence-electron chi connectivity index (χ3n) is 2.82. The van der Waals surface area contributed by atoms with Gasteiger partial charge in [0.05, 0.1) is 11.5 Å². The second-order valence-corrected chi connectivity index (χ2v) is 6.69. The normalized spacial score (nSPS) is 16.3. The maximum absolute atomic E-state index is 11.6. The van der Waals surface area contributed by atoms with Gasteiger partial charge in [-0.1, -0.05) is 20.3 Å². The number of nitrogens with one attached hydrogen (secondary N) is 1.